The lowest BCUT2D eigenvalue weighted by Gasteiger charge is -2.15. The molecular weight excluding hydrogens is 908 g/mol. The molecule has 1 aromatic carbocycles. The number of aromatic carboxylic acids is 1. The summed E-state index contributed by atoms with van der Waals surface area (Å²) in [5.74, 6) is -3.33. The van der Waals surface area contributed by atoms with Crippen LogP contribution in [0.2, 0.25) is 5.02 Å². The number of nitrogens with zero attached hydrogens (tertiary/aromatic N) is 5. The summed E-state index contributed by atoms with van der Waals surface area (Å²) >= 11 is 6.66. The van der Waals surface area contributed by atoms with Crippen LogP contribution in [0.1, 0.15) is 51.8 Å². The Labute approximate surface area is 351 Å². The molecular formula is C32H37ClF3N8O14PS2. The quantitative estimate of drug-likeness (QED) is 0.0878. The normalized spacial score (nSPS) is 12.7. The Balaban J connectivity index is 0.000000340. The second-order valence-corrected chi connectivity index (χ2v) is 17.9. The summed E-state index contributed by atoms with van der Waals surface area (Å²) in [6.45, 7) is 5.94. The largest absolute Gasteiger partial charge is 0.480 e. The van der Waals surface area contributed by atoms with Gasteiger partial charge in [-0.15, -0.1) is 11.3 Å². The van der Waals surface area contributed by atoms with Gasteiger partial charge in [0, 0.05) is 25.9 Å². The predicted octanol–water partition coefficient (Wildman–Crippen LogP) is 2.92. The van der Waals surface area contributed by atoms with E-state index in [1.807, 2.05) is 0 Å². The van der Waals surface area contributed by atoms with Crippen molar-refractivity contribution in [2.75, 3.05) is 25.3 Å². The lowest BCUT2D eigenvalue weighted by Crippen LogP contribution is -2.40. The van der Waals surface area contributed by atoms with Crippen molar-refractivity contribution < 1.29 is 69.9 Å². The number of nitrogens with one attached hydrogen (secondary N) is 2. The molecule has 4 rings (SSSR count). The van der Waals surface area contributed by atoms with Crippen LogP contribution >= 0.6 is 30.3 Å². The summed E-state index contributed by atoms with van der Waals surface area (Å²) in [7, 11) is -5.27. The van der Waals surface area contributed by atoms with E-state index in [-0.39, 0.29) is 46.6 Å². The maximum Gasteiger partial charge on any atom is 0.431 e. The number of rotatable bonds is 12. The Kier molecular flexibility index (Phi) is 17.9. The van der Waals surface area contributed by atoms with Crippen molar-refractivity contribution >= 4 is 70.2 Å². The third-order valence-corrected chi connectivity index (χ3v) is 10.9. The average molecular weight is 945 g/mol. The number of urea groups is 1. The van der Waals surface area contributed by atoms with Crippen molar-refractivity contribution in [3.63, 3.8) is 0 Å². The van der Waals surface area contributed by atoms with E-state index < -0.39 is 86.4 Å². The van der Waals surface area contributed by atoms with Gasteiger partial charge in [-0.05, 0) is 56.8 Å². The fraction of sp³-hybridized carbons (Fsp3) is 0.344. The minimum absolute atomic E-state index is 0.0104. The lowest BCUT2D eigenvalue weighted by molar-refractivity contribution is -0.144. The van der Waals surface area contributed by atoms with Gasteiger partial charge in [-0.3, -0.25) is 24.0 Å². The maximum absolute atomic E-state index is 12.9. The number of amides is 2. The first-order valence-corrected chi connectivity index (χ1v) is 21.6. The molecule has 2 unspecified atom stereocenters. The van der Waals surface area contributed by atoms with Crippen molar-refractivity contribution in [1.82, 2.24) is 28.8 Å². The summed E-state index contributed by atoms with van der Waals surface area (Å²) < 4.78 is 85.9. The maximum atomic E-state index is 12.9. The fourth-order valence-electron chi connectivity index (χ4n) is 4.30. The predicted molar refractivity (Wildman–Crippen MR) is 210 cm³/mol. The van der Waals surface area contributed by atoms with Gasteiger partial charge in [-0.2, -0.15) is 28.1 Å². The van der Waals surface area contributed by atoms with E-state index >= 15 is 0 Å². The number of halogens is 4. The van der Waals surface area contributed by atoms with Crippen LogP contribution in [-0.2, 0) is 37.3 Å². The van der Waals surface area contributed by atoms with E-state index in [1.54, 1.807) is 18.6 Å². The van der Waals surface area contributed by atoms with E-state index in [0.717, 1.165) is 30.5 Å². The number of carboxylic acids is 2. The van der Waals surface area contributed by atoms with Gasteiger partial charge >= 0.3 is 41.8 Å². The van der Waals surface area contributed by atoms with E-state index in [1.165, 1.54) is 38.2 Å². The summed E-state index contributed by atoms with van der Waals surface area (Å²) in [5, 5.41) is 20.6. The SMILES string of the molecule is CC(C)OC(=O)c1cc(-n2c(=O)cc(C(F)(F)F)n(C)c2=O)ccc1Cl.COc1nc(C)nc(NC(=O)NS(=O)(=O)c2ccsc2C(=O)O)n1.CP(=O)(O)CCC(N)C(=O)O. The van der Waals surface area contributed by atoms with E-state index in [4.69, 9.17) is 41.9 Å². The van der Waals surface area contributed by atoms with Crippen LogP contribution in [-0.4, -0.2) is 104 Å². The molecule has 0 fully saturated rings. The molecule has 0 aliphatic carbocycles. The standard InChI is InChI=1S/C16H14ClF3N2O4.C11H11N5O6S2.C5H12NO4P/c1-8(2)26-14(24)10-6-9(4-5-11(10)17)22-13(23)7-12(16(18,19)20)21(3)15(22)25;1-5-12-9(15-11(13-5)22-2)14-10(19)16-24(20,21)6-3-4-23-7(6)8(17)18;1-11(9,10)3-2-4(6)5(7)8/h4-8H,1-3H3;3-4H,1-2H3,(H,17,18)(H2,12,13,14,15,16,19);4H,2-3,6H2,1H3,(H,7,8)(H,9,10). The molecule has 61 heavy (non-hydrogen) atoms. The minimum Gasteiger partial charge on any atom is -0.480 e. The van der Waals surface area contributed by atoms with Crippen molar-refractivity contribution in [3.05, 3.63) is 83.5 Å². The van der Waals surface area contributed by atoms with Gasteiger partial charge in [0.1, 0.15) is 27.3 Å². The number of hydrogen-bond acceptors (Lipinski definition) is 16. The number of sulfonamides is 1. The first kappa shape index (κ1) is 51.4. The molecule has 3 aromatic heterocycles. The zero-order chi connectivity index (χ0) is 46.8. The molecule has 0 aliphatic heterocycles. The zero-order valence-electron chi connectivity index (χ0n) is 32.5. The van der Waals surface area contributed by atoms with Crippen LogP contribution in [0.15, 0.2) is 50.2 Å². The third kappa shape index (κ3) is 15.4. The Morgan fingerprint density at radius 3 is 2.23 bits per heavy atom. The second kappa shape index (κ2) is 21.2. The number of anilines is 1. The number of methoxy groups -OCH3 is 1. The molecule has 4 aromatic rings. The highest BCUT2D eigenvalue weighted by atomic mass is 35.5. The number of ether oxygens (including phenoxy) is 2. The zero-order valence-corrected chi connectivity index (χ0v) is 35.7. The van der Waals surface area contributed by atoms with Crippen molar-refractivity contribution in [3.8, 4) is 11.7 Å². The summed E-state index contributed by atoms with van der Waals surface area (Å²) in [6.07, 6.45) is -5.30. The fourth-order valence-corrected chi connectivity index (χ4v) is 7.42. The van der Waals surface area contributed by atoms with Crippen LogP contribution in [0.25, 0.3) is 5.69 Å². The molecule has 0 radical (unpaired) electrons. The molecule has 2 atom stereocenters. The van der Waals surface area contributed by atoms with Crippen LogP contribution in [0.3, 0.4) is 0 Å². The number of benzene rings is 1. The Bertz CT molecular complexity index is 2560. The monoisotopic (exact) mass is 944 g/mol. The van der Waals surface area contributed by atoms with Crippen LogP contribution < -0.4 is 31.8 Å². The molecule has 0 saturated heterocycles. The number of aliphatic carboxylic acids is 1. The number of alkyl halides is 3. The van der Waals surface area contributed by atoms with Crippen LogP contribution in [0.4, 0.5) is 23.9 Å². The van der Waals surface area contributed by atoms with Gasteiger partial charge in [0.2, 0.25) is 5.95 Å². The third-order valence-electron chi connectivity index (χ3n) is 7.03. The topological polar surface area (TPSA) is 331 Å². The lowest BCUT2D eigenvalue weighted by atomic mass is 10.2. The highest BCUT2D eigenvalue weighted by Gasteiger charge is 2.35. The van der Waals surface area contributed by atoms with E-state index in [9.17, 15) is 54.9 Å². The number of carboxylic acid groups (broad SMARTS) is 2. The molecule has 0 bridgehead atoms. The summed E-state index contributed by atoms with van der Waals surface area (Å²) in [4.78, 5) is 88.5. The smallest absolute Gasteiger partial charge is 0.431 e. The molecule has 0 aliphatic rings. The molecule has 22 nitrogen and oxygen atoms in total. The average Bonchev–Trinajstić information content (AvgIpc) is 3.64. The highest BCUT2D eigenvalue weighted by molar-refractivity contribution is 7.90. The molecule has 2 amide bonds. The van der Waals surface area contributed by atoms with Gasteiger partial charge in [0.25, 0.3) is 15.6 Å². The van der Waals surface area contributed by atoms with Gasteiger partial charge < -0.3 is 30.3 Å². The van der Waals surface area contributed by atoms with E-state index in [0.29, 0.717) is 15.2 Å². The summed E-state index contributed by atoms with van der Waals surface area (Å²) in [6, 6.07) is 2.74. The highest BCUT2D eigenvalue weighted by Crippen LogP contribution is 2.35. The first-order chi connectivity index (χ1) is 28.0. The number of carbonyl (C=O) groups excluding carboxylic acids is 2. The number of esters is 1. The number of aryl methyl sites for hydroxylation is 1. The Hall–Kier alpha value is -5.73. The number of thiophene rings is 1. The van der Waals surface area contributed by atoms with Crippen molar-refractivity contribution in [1.29, 1.82) is 0 Å². The van der Waals surface area contributed by atoms with Crippen molar-refractivity contribution in [2.45, 2.75) is 50.4 Å². The second-order valence-electron chi connectivity index (χ2n) is 12.3. The molecule has 0 spiro atoms. The molecule has 0 saturated carbocycles. The Morgan fingerprint density at radius 2 is 1.70 bits per heavy atom. The van der Waals surface area contributed by atoms with E-state index in [2.05, 4.69) is 20.3 Å². The molecule has 7 N–H and O–H groups in total. The molecule has 29 heteroatoms. The molecule has 3 heterocycles. The van der Waals surface area contributed by atoms with Gasteiger partial charge in [-0.25, -0.2) is 36.9 Å². The van der Waals surface area contributed by atoms with Gasteiger partial charge in [-0.1, -0.05) is 11.6 Å². The number of nitrogens with two attached hydrogens (primary N) is 1. The number of hydrogen-bond donors (Lipinski definition) is 6. The number of aromatic nitrogens is 5. The first-order valence-electron chi connectivity index (χ1n) is 16.6. The van der Waals surface area contributed by atoms with Crippen molar-refractivity contribution in [2.24, 2.45) is 12.8 Å². The van der Waals surface area contributed by atoms with Gasteiger partial charge in [0.05, 0.1) is 29.5 Å². The van der Waals surface area contributed by atoms with Crippen LogP contribution in [0, 0.1) is 6.92 Å². The summed E-state index contributed by atoms with van der Waals surface area (Å²) in [5.41, 5.74) is 1.09. The van der Waals surface area contributed by atoms with Gasteiger partial charge in [0.15, 0.2) is 7.37 Å². The van der Waals surface area contributed by atoms with Crippen LogP contribution in [0.5, 0.6) is 6.01 Å². The molecule has 334 valence electrons. The minimum atomic E-state index is -4.86. The number of carbonyl (C=O) groups is 4. The Morgan fingerprint density at radius 1 is 1.08 bits per heavy atom.